The van der Waals surface area contributed by atoms with Crippen LogP contribution in [0, 0.1) is 0 Å². The van der Waals surface area contributed by atoms with Crippen molar-refractivity contribution in [1.82, 2.24) is 14.5 Å². The van der Waals surface area contributed by atoms with Gasteiger partial charge in [-0.25, -0.2) is 9.97 Å². The molecule has 4 nitrogen and oxygen atoms in total. The molecule has 0 saturated carbocycles. The quantitative estimate of drug-likeness (QED) is 0.161. The molecule has 0 amide bonds. The maximum absolute atomic E-state index is 5.33. The van der Waals surface area contributed by atoms with Crippen LogP contribution in [0.3, 0.4) is 0 Å². The second-order valence-corrected chi connectivity index (χ2v) is 17.3. The van der Waals surface area contributed by atoms with Gasteiger partial charge in [-0.2, -0.15) is 0 Å². The molecule has 4 heteroatoms. The molecule has 10 aromatic rings. The van der Waals surface area contributed by atoms with E-state index in [4.69, 9.17) is 9.97 Å². The first-order chi connectivity index (χ1) is 31.0. The molecule has 0 saturated heterocycles. The largest absolute Gasteiger partial charge is 0.310 e. The maximum Gasteiger partial charge on any atom is 0.235 e. The first-order valence-electron chi connectivity index (χ1n) is 22.0. The van der Waals surface area contributed by atoms with Gasteiger partial charge in [-0.1, -0.05) is 166 Å². The van der Waals surface area contributed by atoms with Crippen molar-refractivity contribution < 1.29 is 0 Å². The van der Waals surface area contributed by atoms with Crippen molar-refractivity contribution >= 4 is 28.0 Å². The van der Waals surface area contributed by atoms with Gasteiger partial charge in [0.1, 0.15) is 0 Å². The minimum atomic E-state index is -0.0908. The van der Waals surface area contributed by atoms with Crippen LogP contribution in [0.5, 0.6) is 0 Å². The molecular weight excluding hydrogens is 765 g/mol. The van der Waals surface area contributed by atoms with Gasteiger partial charge in [0, 0.05) is 50.2 Å². The summed E-state index contributed by atoms with van der Waals surface area (Å²) < 4.78 is 2.33. The summed E-state index contributed by atoms with van der Waals surface area (Å²) in [5.41, 5.74) is 21.3. The monoisotopic (exact) mass is 808 g/mol. The fraction of sp³-hybridized carbons (Fsp3) is 0.0847. The van der Waals surface area contributed by atoms with Gasteiger partial charge >= 0.3 is 0 Å². The number of anilines is 3. The third-order valence-electron chi connectivity index (χ3n) is 13.3. The van der Waals surface area contributed by atoms with E-state index in [1.807, 2.05) is 0 Å². The summed E-state index contributed by atoms with van der Waals surface area (Å²) in [6.07, 6.45) is 1.86. The van der Waals surface area contributed by atoms with E-state index in [0.717, 1.165) is 57.9 Å². The number of benzene rings is 8. The molecule has 0 radical (unpaired) electrons. The van der Waals surface area contributed by atoms with E-state index in [9.17, 15) is 0 Å². The van der Waals surface area contributed by atoms with Gasteiger partial charge in [-0.05, 0) is 112 Å². The smallest absolute Gasteiger partial charge is 0.235 e. The Hall–Kier alpha value is -7.82. The summed E-state index contributed by atoms with van der Waals surface area (Å²) in [6.45, 7) is 4.70. The van der Waals surface area contributed by atoms with Gasteiger partial charge < -0.3 is 4.90 Å². The Labute approximate surface area is 368 Å². The molecule has 0 atom stereocenters. The average molecular weight is 809 g/mol. The van der Waals surface area contributed by atoms with Crippen molar-refractivity contribution in [1.29, 1.82) is 0 Å². The summed E-state index contributed by atoms with van der Waals surface area (Å²) in [5.74, 6) is 0.692. The number of hydrogen-bond donors (Lipinski definition) is 0. The van der Waals surface area contributed by atoms with Crippen molar-refractivity contribution in [3.05, 3.63) is 229 Å². The second kappa shape index (κ2) is 14.7. The van der Waals surface area contributed by atoms with Gasteiger partial charge in [-0.15, -0.1) is 0 Å². The highest BCUT2D eigenvalue weighted by Gasteiger charge is 2.36. The van der Waals surface area contributed by atoms with E-state index in [1.165, 1.54) is 61.2 Å². The Morgan fingerprint density at radius 2 is 1.02 bits per heavy atom. The minimum absolute atomic E-state index is 0.0908. The number of aromatic nitrogens is 3. The van der Waals surface area contributed by atoms with E-state index >= 15 is 0 Å². The molecule has 0 N–H and O–H groups in total. The second-order valence-electron chi connectivity index (χ2n) is 17.3. The van der Waals surface area contributed by atoms with Crippen LogP contribution < -0.4 is 4.90 Å². The Kier molecular flexibility index (Phi) is 8.62. The van der Waals surface area contributed by atoms with Crippen LogP contribution in [-0.4, -0.2) is 14.5 Å². The van der Waals surface area contributed by atoms with E-state index in [1.54, 1.807) is 0 Å². The van der Waals surface area contributed by atoms with E-state index in [2.05, 4.69) is 230 Å². The van der Waals surface area contributed by atoms with Crippen molar-refractivity contribution in [2.75, 3.05) is 4.90 Å². The third kappa shape index (κ3) is 6.13. The first-order valence-corrected chi connectivity index (χ1v) is 22.0. The minimum Gasteiger partial charge on any atom is -0.310 e. The first kappa shape index (κ1) is 37.0. The normalized spacial score (nSPS) is 13.2. The molecule has 63 heavy (non-hydrogen) atoms. The fourth-order valence-electron chi connectivity index (χ4n) is 10.2. The van der Waals surface area contributed by atoms with Gasteiger partial charge in [0.2, 0.25) is 5.95 Å². The Morgan fingerprint density at radius 1 is 0.444 bits per heavy atom. The summed E-state index contributed by atoms with van der Waals surface area (Å²) in [5, 5.41) is 1.21. The van der Waals surface area contributed by atoms with Gasteiger partial charge in [0.25, 0.3) is 0 Å². The standard InChI is InChI=1S/C59H44N4/c1-59(2)51-25-15-14-24-48(51)49-33-32-46(37-52(49)59)62(44-21-10-5-11-22-44)45-30-26-39(27-31-45)43-29-34-55-50(36-43)57-47-23-13-12-16-40(47)28-35-56(57)63(55)58-60-53(41-17-6-3-7-18-41)38-54(61-58)42-19-8-4-9-20-42/h3-27,29-34,36-38H,28,35H2,1-2H3. The van der Waals surface area contributed by atoms with Crippen LogP contribution in [0.15, 0.2) is 206 Å². The molecule has 300 valence electrons. The zero-order valence-corrected chi connectivity index (χ0v) is 35.3. The SMILES string of the molecule is CC1(C)c2ccccc2-c2ccc(N(c3ccccc3)c3ccc(-c4ccc5c(c4)c4c(n5-c5nc(-c6ccccc6)cc(-c6ccccc6)n5)CCc5ccccc5-4)cc3)cc21. The highest BCUT2D eigenvalue weighted by Crippen LogP contribution is 2.51. The number of nitrogens with zero attached hydrogens (tertiary/aromatic N) is 4. The number of hydrogen-bond acceptors (Lipinski definition) is 3. The van der Waals surface area contributed by atoms with Crippen molar-refractivity contribution in [3.8, 4) is 61.8 Å². The van der Waals surface area contributed by atoms with Crippen LogP contribution in [0.1, 0.15) is 36.2 Å². The van der Waals surface area contributed by atoms with Crippen LogP contribution in [0.2, 0.25) is 0 Å². The van der Waals surface area contributed by atoms with Crippen LogP contribution >= 0.6 is 0 Å². The van der Waals surface area contributed by atoms with Crippen molar-refractivity contribution in [3.63, 3.8) is 0 Å². The molecule has 2 aliphatic rings. The lowest BCUT2D eigenvalue weighted by molar-refractivity contribution is 0.660. The molecule has 2 heterocycles. The molecule has 0 bridgehead atoms. The third-order valence-corrected chi connectivity index (χ3v) is 13.3. The zero-order chi connectivity index (χ0) is 42.1. The molecular formula is C59H44N4. The van der Waals surface area contributed by atoms with Gasteiger partial charge in [0.05, 0.1) is 16.9 Å². The van der Waals surface area contributed by atoms with Crippen LogP contribution in [0.25, 0.3) is 72.7 Å². The van der Waals surface area contributed by atoms with Gasteiger partial charge in [-0.3, -0.25) is 4.57 Å². The fourth-order valence-corrected chi connectivity index (χ4v) is 10.2. The van der Waals surface area contributed by atoms with E-state index in [0.29, 0.717) is 5.95 Å². The predicted octanol–water partition coefficient (Wildman–Crippen LogP) is 15.0. The lowest BCUT2D eigenvalue weighted by Crippen LogP contribution is -2.16. The average Bonchev–Trinajstić information content (AvgIpc) is 3.80. The Bertz CT molecular complexity index is 3290. The lowest BCUT2D eigenvalue weighted by atomic mass is 9.82. The summed E-state index contributed by atoms with van der Waals surface area (Å²) in [4.78, 5) is 13.0. The van der Waals surface area contributed by atoms with Gasteiger partial charge in [0.15, 0.2) is 0 Å². The Morgan fingerprint density at radius 3 is 1.73 bits per heavy atom. The number of fused-ring (bicyclic) bond motifs is 8. The molecule has 12 rings (SSSR count). The summed E-state index contributed by atoms with van der Waals surface area (Å²) in [7, 11) is 0. The predicted molar refractivity (Wildman–Crippen MR) is 260 cm³/mol. The molecule has 2 aromatic heterocycles. The summed E-state index contributed by atoms with van der Waals surface area (Å²) in [6, 6.07) is 74.5. The highest BCUT2D eigenvalue weighted by molar-refractivity contribution is 6.02. The molecule has 0 unspecified atom stereocenters. The zero-order valence-electron chi connectivity index (χ0n) is 35.3. The van der Waals surface area contributed by atoms with Crippen LogP contribution in [0.4, 0.5) is 17.1 Å². The topological polar surface area (TPSA) is 34.0 Å². The molecule has 0 spiro atoms. The Balaban J connectivity index is 0.985. The maximum atomic E-state index is 5.33. The lowest BCUT2D eigenvalue weighted by Gasteiger charge is -2.28. The molecule has 8 aromatic carbocycles. The summed E-state index contributed by atoms with van der Waals surface area (Å²) >= 11 is 0. The number of para-hydroxylation sites is 1. The molecule has 0 fully saturated rings. The highest BCUT2D eigenvalue weighted by atomic mass is 15.2. The molecule has 0 aliphatic heterocycles. The van der Waals surface area contributed by atoms with Crippen molar-refractivity contribution in [2.45, 2.75) is 32.1 Å². The van der Waals surface area contributed by atoms with Crippen molar-refractivity contribution in [2.24, 2.45) is 0 Å². The van der Waals surface area contributed by atoms with Crippen LogP contribution in [-0.2, 0) is 18.3 Å². The van der Waals surface area contributed by atoms with E-state index < -0.39 is 0 Å². The van der Waals surface area contributed by atoms with E-state index in [-0.39, 0.29) is 5.41 Å². The number of rotatable bonds is 7. The number of aryl methyl sites for hydroxylation is 1. The molecule has 2 aliphatic carbocycles.